The Labute approximate surface area is 119 Å². The van der Waals surface area contributed by atoms with Crippen molar-refractivity contribution in [3.05, 3.63) is 77.0 Å². The van der Waals surface area contributed by atoms with Crippen LogP contribution in [0.5, 0.6) is 0 Å². The Hall–Kier alpha value is -2.82. The van der Waals surface area contributed by atoms with Crippen molar-refractivity contribution in [1.82, 2.24) is 0 Å². The molecule has 21 heavy (non-hydrogen) atoms. The molecule has 1 heterocycles. The van der Waals surface area contributed by atoms with E-state index in [9.17, 15) is 13.6 Å². The molecule has 0 radical (unpaired) electrons. The highest BCUT2D eigenvalue weighted by Gasteiger charge is 2.25. The Kier molecular flexibility index (Phi) is 3.31. The summed E-state index contributed by atoms with van der Waals surface area (Å²) in [5.41, 5.74) is 0.759. The summed E-state index contributed by atoms with van der Waals surface area (Å²) < 4.78 is 31.4. The molecule has 0 spiro atoms. The number of halogens is 2. The first-order chi connectivity index (χ1) is 10.1. The van der Waals surface area contributed by atoms with Crippen LogP contribution in [0.4, 0.5) is 8.78 Å². The van der Waals surface area contributed by atoms with E-state index in [1.807, 2.05) is 0 Å². The molecule has 2 aromatic rings. The van der Waals surface area contributed by atoms with Crippen LogP contribution in [-0.2, 0) is 9.53 Å². The van der Waals surface area contributed by atoms with E-state index in [0.717, 1.165) is 0 Å². The average molecular weight is 285 g/mol. The van der Waals surface area contributed by atoms with Crippen LogP contribution in [-0.4, -0.2) is 11.9 Å². The van der Waals surface area contributed by atoms with Crippen LogP contribution >= 0.6 is 0 Å². The van der Waals surface area contributed by atoms with E-state index in [0.29, 0.717) is 5.56 Å². The number of esters is 1. The van der Waals surface area contributed by atoms with Crippen LogP contribution in [0.3, 0.4) is 0 Å². The van der Waals surface area contributed by atoms with Gasteiger partial charge in [-0.3, -0.25) is 0 Å². The molecule has 3 nitrogen and oxygen atoms in total. The average Bonchev–Trinajstić information content (AvgIpc) is 2.83. The lowest BCUT2D eigenvalue weighted by Crippen LogP contribution is -2.07. The maximum Gasteiger partial charge on any atom is 0.363 e. The monoisotopic (exact) mass is 285 g/mol. The summed E-state index contributed by atoms with van der Waals surface area (Å²) in [4.78, 5) is 15.7. The van der Waals surface area contributed by atoms with Gasteiger partial charge in [0.25, 0.3) is 0 Å². The third-order valence-corrected chi connectivity index (χ3v) is 2.90. The van der Waals surface area contributed by atoms with E-state index in [-0.39, 0.29) is 23.0 Å². The molecule has 1 aliphatic heterocycles. The third-order valence-electron chi connectivity index (χ3n) is 2.90. The molecule has 5 heteroatoms. The number of carbonyl (C=O) groups excluding carboxylic acids is 1. The number of rotatable bonds is 2. The van der Waals surface area contributed by atoms with Crippen molar-refractivity contribution in [3.8, 4) is 0 Å². The van der Waals surface area contributed by atoms with Crippen LogP contribution in [0.25, 0.3) is 6.08 Å². The van der Waals surface area contributed by atoms with E-state index >= 15 is 0 Å². The standard InChI is InChI=1S/C16H9F2NO2/c17-11-7-5-10(6-8-11)9-14-16(20)21-15(19-14)12-3-1-2-4-13(12)18/h1-9H/b14-9-. The lowest BCUT2D eigenvalue weighted by molar-refractivity contribution is -0.129. The number of hydrogen-bond donors (Lipinski definition) is 0. The van der Waals surface area contributed by atoms with Gasteiger partial charge in [-0.25, -0.2) is 18.6 Å². The van der Waals surface area contributed by atoms with Gasteiger partial charge in [-0.15, -0.1) is 0 Å². The molecule has 0 amide bonds. The minimum atomic E-state index is -0.669. The van der Waals surface area contributed by atoms with Gasteiger partial charge in [0.2, 0.25) is 5.90 Å². The van der Waals surface area contributed by atoms with E-state index in [1.54, 1.807) is 6.07 Å². The van der Waals surface area contributed by atoms with E-state index in [1.165, 1.54) is 48.5 Å². The lowest BCUT2D eigenvalue weighted by atomic mass is 10.2. The fourth-order valence-corrected chi connectivity index (χ4v) is 1.88. The largest absolute Gasteiger partial charge is 0.402 e. The van der Waals surface area contributed by atoms with Crippen molar-refractivity contribution in [1.29, 1.82) is 0 Å². The van der Waals surface area contributed by atoms with Crippen molar-refractivity contribution >= 4 is 17.9 Å². The molecular weight excluding hydrogens is 276 g/mol. The maximum absolute atomic E-state index is 13.6. The summed E-state index contributed by atoms with van der Waals surface area (Å²) in [6, 6.07) is 11.4. The van der Waals surface area contributed by atoms with Gasteiger partial charge < -0.3 is 4.74 Å². The van der Waals surface area contributed by atoms with Gasteiger partial charge in [-0.2, -0.15) is 0 Å². The van der Waals surface area contributed by atoms with E-state index in [4.69, 9.17) is 4.74 Å². The van der Waals surface area contributed by atoms with E-state index < -0.39 is 11.8 Å². The maximum atomic E-state index is 13.6. The van der Waals surface area contributed by atoms with Gasteiger partial charge >= 0.3 is 5.97 Å². The Bertz CT molecular complexity index is 764. The third kappa shape index (κ3) is 2.72. The first kappa shape index (κ1) is 13.2. The van der Waals surface area contributed by atoms with Crippen molar-refractivity contribution in [2.45, 2.75) is 0 Å². The molecule has 0 unspecified atom stereocenters. The first-order valence-electron chi connectivity index (χ1n) is 6.16. The summed E-state index contributed by atoms with van der Waals surface area (Å²) in [7, 11) is 0. The van der Waals surface area contributed by atoms with Gasteiger partial charge in [0.05, 0.1) is 5.56 Å². The first-order valence-corrected chi connectivity index (χ1v) is 6.16. The zero-order valence-corrected chi connectivity index (χ0v) is 10.7. The molecule has 0 saturated carbocycles. The SMILES string of the molecule is O=C1OC(c2ccccc2F)=N/C1=C\c1ccc(F)cc1. The second kappa shape index (κ2) is 5.28. The zero-order chi connectivity index (χ0) is 14.8. The van der Waals surface area contributed by atoms with Gasteiger partial charge in [0.15, 0.2) is 5.70 Å². The fraction of sp³-hybridized carbons (Fsp3) is 0. The van der Waals surface area contributed by atoms with Crippen molar-refractivity contribution in [3.63, 3.8) is 0 Å². The molecule has 3 rings (SSSR count). The van der Waals surface area contributed by atoms with Crippen molar-refractivity contribution in [2.24, 2.45) is 4.99 Å². The number of ether oxygens (including phenoxy) is 1. The van der Waals surface area contributed by atoms with E-state index in [2.05, 4.69) is 4.99 Å². The molecule has 0 N–H and O–H groups in total. The van der Waals surface area contributed by atoms with Gasteiger partial charge in [-0.05, 0) is 35.9 Å². The molecule has 1 aliphatic rings. The van der Waals surface area contributed by atoms with Gasteiger partial charge in [0.1, 0.15) is 11.6 Å². The number of carbonyl (C=O) groups is 1. The molecule has 0 aliphatic carbocycles. The minimum absolute atomic E-state index is 0.0415. The van der Waals surface area contributed by atoms with Crippen LogP contribution < -0.4 is 0 Å². The highest BCUT2D eigenvalue weighted by atomic mass is 19.1. The molecule has 104 valence electrons. The van der Waals surface area contributed by atoms with Crippen LogP contribution in [0.15, 0.2) is 59.2 Å². The predicted molar refractivity (Wildman–Crippen MR) is 73.4 cm³/mol. The fourth-order valence-electron chi connectivity index (χ4n) is 1.88. The number of benzene rings is 2. The topological polar surface area (TPSA) is 38.7 Å². The van der Waals surface area contributed by atoms with Crippen LogP contribution in [0.1, 0.15) is 11.1 Å². The Morgan fingerprint density at radius 1 is 1.00 bits per heavy atom. The summed E-state index contributed by atoms with van der Waals surface area (Å²) in [5.74, 6) is -1.64. The number of aliphatic imine (C=N–C) groups is 1. The number of nitrogens with zero attached hydrogens (tertiary/aromatic N) is 1. The molecule has 0 aromatic heterocycles. The summed E-state index contributed by atoms with van der Waals surface area (Å²) >= 11 is 0. The van der Waals surface area contributed by atoms with Gasteiger partial charge in [0, 0.05) is 0 Å². The van der Waals surface area contributed by atoms with Crippen LogP contribution in [0.2, 0.25) is 0 Å². The second-order valence-corrected chi connectivity index (χ2v) is 4.37. The highest BCUT2D eigenvalue weighted by Crippen LogP contribution is 2.20. The molecule has 0 atom stereocenters. The van der Waals surface area contributed by atoms with Crippen molar-refractivity contribution in [2.75, 3.05) is 0 Å². The Morgan fingerprint density at radius 2 is 1.71 bits per heavy atom. The Balaban J connectivity index is 1.96. The summed E-state index contributed by atoms with van der Waals surface area (Å²) in [6.45, 7) is 0. The number of cyclic esters (lactones) is 1. The highest BCUT2D eigenvalue weighted by molar-refractivity contribution is 6.12. The minimum Gasteiger partial charge on any atom is -0.402 e. The predicted octanol–water partition coefficient (Wildman–Crippen LogP) is 3.31. The summed E-state index contributed by atoms with van der Waals surface area (Å²) in [6.07, 6.45) is 1.45. The summed E-state index contributed by atoms with van der Waals surface area (Å²) in [5, 5.41) is 0. The van der Waals surface area contributed by atoms with Crippen molar-refractivity contribution < 1.29 is 18.3 Å². The number of hydrogen-bond acceptors (Lipinski definition) is 3. The molecule has 0 bridgehead atoms. The molecule has 0 saturated heterocycles. The smallest absolute Gasteiger partial charge is 0.363 e. The molecular formula is C16H9F2NO2. The second-order valence-electron chi connectivity index (χ2n) is 4.37. The Morgan fingerprint density at radius 3 is 2.43 bits per heavy atom. The molecule has 0 fully saturated rings. The van der Waals surface area contributed by atoms with Gasteiger partial charge in [-0.1, -0.05) is 24.3 Å². The lowest BCUT2D eigenvalue weighted by Gasteiger charge is -1.99. The van der Waals surface area contributed by atoms with Crippen LogP contribution in [0, 0.1) is 11.6 Å². The zero-order valence-electron chi connectivity index (χ0n) is 10.7. The molecule has 2 aromatic carbocycles. The quantitative estimate of drug-likeness (QED) is 0.627. The normalized spacial score (nSPS) is 16.0.